The van der Waals surface area contributed by atoms with Gasteiger partial charge in [-0.2, -0.15) is 15.0 Å². The van der Waals surface area contributed by atoms with Gasteiger partial charge >= 0.3 is 6.01 Å². The largest absolute Gasteiger partial charge is 0.464 e. The topological polar surface area (TPSA) is 75.2 Å². The van der Waals surface area contributed by atoms with E-state index in [9.17, 15) is 0 Å². The second-order valence-electron chi connectivity index (χ2n) is 5.07. The molecule has 1 aromatic heterocycles. The standard InChI is InChI=1S/C13H24N6O/c1-5-20-13-17-11(14-3)16-12(18-13)15-8-9(2)19(4)10-6-7-10/h9-10H,5-8H2,1-4H3,(H2,14,15,16,17,18). The fourth-order valence-corrected chi connectivity index (χ4v) is 1.97. The van der Waals surface area contributed by atoms with Crippen molar-refractivity contribution in [1.82, 2.24) is 19.9 Å². The van der Waals surface area contributed by atoms with Crippen molar-refractivity contribution in [2.75, 3.05) is 37.9 Å². The summed E-state index contributed by atoms with van der Waals surface area (Å²) >= 11 is 0. The average molecular weight is 280 g/mol. The van der Waals surface area contributed by atoms with Crippen molar-refractivity contribution in [3.63, 3.8) is 0 Å². The quantitative estimate of drug-likeness (QED) is 0.741. The summed E-state index contributed by atoms with van der Waals surface area (Å²) in [5, 5.41) is 6.17. The molecule has 0 saturated heterocycles. The van der Waals surface area contributed by atoms with Gasteiger partial charge in [0.15, 0.2) is 0 Å². The Morgan fingerprint density at radius 1 is 1.30 bits per heavy atom. The maximum atomic E-state index is 5.34. The van der Waals surface area contributed by atoms with Gasteiger partial charge in [0, 0.05) is 25.7 Å². The molecule has 1 fully saturated rings. The van der Waals surface area contributed by atoms with E-state index in [2.05, 4.69) is 44.5 Å². The van der Waals surface area contributed by atoms with Gasteiger partial charge in [0.25, 0.3) is 0 Å². The monoisotopic (exact) mass is 280 g/mol. The molecule has 0 aliphatic heterocycles. The lowest BCUT2D eigenvalue weighted by Gasteiger charge is -2.24. The van der Waals surface area contributed by atoms with Gasteiger partial charge in [0.2, 0.25) is 11.9 Å². The van der Waals surface area contributed by atoms with Gasteiger partial charge in [-0.15, -0.1) is 0 Å². The van der Waals surface area contributed by atoms with E-state index in [-0.39, 0.29) is 0 Å². The van der Waals surface area contributed by atoms with Gasteiger partial charge < -0.3 is 15.4 Å². The molecule has 7 heteroatoms. The Hall–Kier alpha value is -1.63. The highest BCUT2D eigenvalue weighted by molar-refractivity contribution is 5.35. The van der Waals surface area contributed by atoms with Gasteiger partial charge in [-0.1, -0.05) is 0 Å². The zero-order valence-corrected chi connectivity index (χ0v) is 12.7. The molecule has 0 aromatic carbocycles. The van der Waals surface area contributed by atoms with Crippen molar-refractivity contribution in [2.45, 2.75) is 38.8 Å². The maximum absolute atomic E-state index is 5.34. The number of rotatable bonds is 8. The minimum atomic E-state index is 0.345. The molecule has 7 nitrogen and oxygen atoms in total. The van der Waals surface area contributed by atoms with Crippen LogP contribution < -0.4 is 15.4 Å². The second-order valence-corrected chi connectivity index (χ2v) is 5.07. The van der Waals surface area contributed by atoms with Gasteiger partial charge in [-0.3, -0.25) is 4.90 Å². The first-order valence-corrected chi connectivity index (χ1v) is 7.16. The summed E-state index contributed by atoms with van der Waals surface area (Å²) < 4.78 is 5.34. The van der Waals surface area contributed by atoms with E-state index in [0.29, 0.717) is 30.6 Å². The molecule has 112 valence electrons. The number of nitrogens with zero attached hydrogens (tertiary/aromatic N) is 4. The summed E-state index contributed by atoms with van der Waals surface area (Å²) in [7, 11) is 3.94. The van der Waals surface area contributed by atoms with Crippen LogP contribution >= 0.6 is 0 Å². The van der Waals surface area contributed by atoms with Crippen molar-refractivity contribution in [1.29, 1.82) is 0 Å². The molecular weight excluding hydrogens is 256 g/mol. The molecule has 1 aromatic rings. The number of likely N-dealkylation sites (N-methyl/N-ethyl adjacent to an activating group) is 1. The molecule has 1 unspecified atom stereocenters. The molecule has 0 amide bonds. The molecule has 2 N–H and O–H groups in total. The van der Waals surface area contributed by atoms with Crippen LogP contribution in [-0.2, 0) is 0 Å². The highest BCUT2D eigenvalue weighted by atomic mass is 16.5. The predicted molar refractivity (Wildman–Crippen MR) is 79.3 cm³/mol. The number of ether oxygens (including phenoxy) is 1. The van der Waals surface area contributed by atoms with E-state index >= 15 is 0 Å². The molecule has 0 bridgehead atoms. The number of nitrogens with one attached hydrogen (secondary N) is 2. The molecule has 0 radical (unpaired) electrons. The minimum Gasteiger partial charge on any atom is -0.464 e. The third kappa shape index (κ3) is 3.93. The van der Waals surface area contributed by atoms with Crippen LogP contribution in [0.15, 0.2) is 0 Å². The molecular formula is C13H24N6O. The van der Waals surface area contributed by atoms with Crippen molar-refractivity contribution in [3.05, 3.63) is 0 Å². The first-order valence-electron chi connectivity index (χ1n) is 7.16. The van der Waals surface area contributed by atoms with Crippen molar-refractivity contribution in [2.24, 2.45) is 0 Å². The first kappa shape index (κ1) is 14.8. The highest BCUT2D eigenvalue weighted by Gasteiger charge is 2.28. The van der Waals surface area contributed by atoms with Crippen LogP contribution in [0.1, 0.15) is 26.7 Å². The first-order chi connectivity index (χ1) is 9.63. The normalized spacial score (nSPS) is 16.1. The lowest BCUT2D eigenvalue weighted by molar-refractivity contribution is 0.257. The summed E-state index contributed by atoms with van der Waals surface area (Å²) in [6.07, 6.45) is 2.62. The van der Waals surface area contributed by atoms with Gasteiger partial charge in [-0.05, 0) is 33.7 Å². The number of aromatic nitrogens is 3. The summed E-state index contributed by atoms with van der Waals surface area (Å²) in [4.78, 5) is 15.1. The van der Waals surface area contributed by atoms with E-state index < -0.39 is 0 Å². The van der Waals surface area contributed by atoms with Crippen molar-refractivity contribution < 1.29 is 4.74 Å². The molecule has 0 spiro atoms. The zero-order valence-electron chi connectivity index (χ0n) is 12.7. The third-order valence-corrected chi connectivity index (χ3v) is 3.49. The molecule has 1 heterocycles. The van der Waals surface area contributed by atoms with Crippen LogP contribution in [0, 0.1) is 0 Å². The number of anilines is 2. The van der Waals surface area contributed by atoms with Crippen LogP contribution in [0.25, 0.3) is 0 Å². The van der Waals surface area contributed by atoms with Gasteiger partial charge in [-0.25, -0.2) is 0 Å². The maximum Gasteiger partial charge on any atom is 0.323 e. The van der Waals surface area contributed by atoms with Crippen LogP contribution in [0.4, 0.5) is 11.9 Å². The van der Waals surface area contributed by atoms with E-state index in [4.69, 9.17) is 4.74 Å². The zero-order chi connectivity index (χ0) is 14.5. The van der Waals surface area contributed by atoms with Crippen LogP contribution in [0.5, 0.6) is 6.01 Å². The Labute approximate surface area is 120 Å². The van der Waals surface area contributed by atoms with Gasteiger partial charge in [0.1, 0.15) is 0 Å². The van der Waals surface area contributed by atoms with E-state index in [1.165, 1.54) is 12.8 Å². The SMILES string of the molecule is CCOc1nc(NC)nc(NCC(C)N(C)C2CC2)n1. The Kier molecular flexibility index (Phi) is 4.94. The molecule has 20 heavy (non-hydrogen) atoms. The lowest BCUT2D eigenvalue weighted by atomic mass is 10.3. The smallest absolute Gasteiger partial charge is 0.323 e. The van der Waals surface area contributed by atoms with E-state index in [0.717, 1.165) is 12.6 Å². The number of hydrogen-bond acceptors (Lipinski definition) is 7. The Bertz CT molecular complexity index is 437. The highest BCUT2D eigenvalue weighted by Crippen LogP contribution is 2.26. The Balaban J connectivity index is 1.95. The van der Waals surface area contributed by atoms with Crippen LogP contribution in [0.2, 0.25) is 0 Å². The predicted octanol–water partition coefficient (Wildman–Crippen LogP) is 1.21. The van der Waals surface area contributed by atoms with E-state index in [1.807, 2.05) is 6.92 Å². The fraction of sp³-hybridized carbons (Fsp3) is 0.769. The lowest BCUT2D eigenvalue weighted by Crippen LogP contribution is -2.36. The third-order valence-electron chi connectivity index (χ3n) is 3.49. The van der Waals surface area contributed by atoms with Crippen LogP contribution in [-0.4, -0.2) is 59.2 Å². The van der Waals surface area contributed by atoms with Crippen molar-refractivity contribution >= 4 is 11.9 Å². The fourth-order valence-electron chi connectivity index (χ4n) is 1.97. The molecule has 1 saturated carbocycles. The Morgan fingerprint density at radius 3 is 2.60 bits per heavy atom. The van der Waals surface area contributed by atoms with Crippen molar-refractivity contribution in [3.8, 4) is 6.01 Å². The van der Waals surface area contributed by atoms with Gasteiger partial charge in [0.05, 0.1) is 6.61 Å². The summed E-state index contributed by atoms with van der Waals surface area (Å²) in [6.45, 7) is 5.44. The molecule has 1 atom stereocenters. The minimum absolute atomic E-state index is 0.345. The average Bonchev–Trinajstić information content (AvgIpc) is 3.28. The molecule has 2 rings (SSSR count). The number of hydrogen-bond donors (Lipinski definition) is 2. The summed E-state index contributed by atoms with van der Waals surface area (Å²) in [5.41, 5.74) is 0. The summed E-state index contributed by atoms with van der Waals surface area (Å²) in [6, 6.07) is 1.53. The second kappa shape index (κ2) is 6.69. The molecule has 1 aliphatic rings. The van der Waals surface area contributed by atoms with E-state index in [1.54, 1.807) is 7.05 Å². The summed E-state index contributed by atoms with van der Waals surface area (Å²) in [5.74, 6) is 1.05. The molecule has 1 aliphatic carbocycles. The van der Waals surface area contributed by atoms with Crippen LogP contribution in [0.3, 0.4) is 0 Å². The Morgan fingerprint density at radius 2 is 2.00 bits per heavy atom.